The zero-order valence-corrected chi connectivity index (χ0v) is 13.4. The lowest BCUT2D eigenvalue weighted by molar-refractivity contribution is -0.191. The summed E-state index contributed by atoms with van der Waals surface area (Å²) in [4.78, 5) is 29.5. The Hall–Kier alpha value is -2.17. The Labute approximate surface area is 131 Å². The van der Waals surface area contributed by atoms with Gasteiger partial charge in [0.05, 0.1) is 0 Å². The van der Waals surface area contributed by atoms with Crippen molar-refractivity contribution in [3.63, 3.8) is 0 Å². The molecule has 0 unspecified atom stereocenters. The molecule has 1 fully saturated rings. The van der Waals surface area contributed by atoms with Crippen molar-refractivity contribution in [2.24, 2.45) is 0 Å². The van der Waals surface area contributed by atoms with Crippen LogP contribution in [0.5, 0.6) is 0 Å². The lowest BCUT2D eigenvalue weighted by Gasteiger charge is -2.30. The van der Waals surface area contributed by atoms with E-state index < -0.39 is 0 Å². The van der Waals surface area contributed by atoms with Gasteiger partial charge in [0.25, 0.3) is 0 Å². The van der Waals surface area contributed by atoms with Gasteiger partial charge in [-0.05, 0) is 20.8 Å². The highest BCUT2D eigenvalue weighted by Gasteiger charge is 2.22. The highest BCUT2D eigenvalue weighted by atomic mass is 16.6. The van der Waals surface area contributed by atoms with Gasteiger partial charge >= 0.3 is 12.2 Å². The van der Waals surface area contributed by atoms with E-state index in [0.717, 1.165) is 26.2 Å². The predicted molar refractivity (Wildman–Crippen MR) is 82.1 cm³/mol. The Kier molecular flexibility index (Phi) is 10.4. The maximum Gasteiger partial charge on any atom is 0.410 e. The quantitative estimate of drug-likeness (QED) is 0.792. The van der Waals surface area contributed by atoms with Gasteiger partial charge in [0.15, 0.2) is 0 Å². The molecule has 122 valence electrons. The van der Waals surface area contributed by atoms with Crippen molar-refractivity contribution in [2.75, 3.05) is 26.2 Å². The number of ether oxygens (including phenoxy) is 1. The van der Waals surface area contributed by atoms with Crippen LogP contribution in [0, 0.1) is 0 Å². The molecule has 1 N–H and O–H groups in total. The Morgan fingerprint density at radius 3 is 1.68 bits per heavy atom. The number of rotatable bonds is 0. The number of nitrogens with zero attached hydrogens (tertiary/aromatic N) is 1. The van der Waals surface area contributed by atoms with Crippen LogP contribution in [-0.2, 0) is 14.3 Å². The molecule has 0 saturated carbocycles. The van der Waals surface area contributed by atoms with Crippen LogP contribution >= 0.6 is 0 Å². The number of piperazine rings is 1. The first-order chi connectivity index (χ1) is 10.4. The Morgan fingerprint density at radius 1 is 1.00 bits per heavy atom. The van der Waals surface area contributed by atoms with Crippen LogP contribution in [0.4, 0.5) is 4.79 Å². The summed E-state index contributed by atoms with van der Waals surface area (Å²) >= 11 is 0. The van der Waals surface area contributed by atoms with Crippen LogP contribution < -0.4 is 5.32 Å². The van der Waals surface area contributed by atoms with Gasteiger partial charge in [0.2, 0.25) is 0 Å². The lowest BCUT2D eigenvalue weighted by atomic mass is 10.2. The molecule has 0 bridgehead atoms. The minimum Gasteiger partial charge on any atom is -0.444 e. The van der Waals surface area contributed by atoms with E-state index in [1.54, 1.807) is 4.90 Å². The van der Waals surface area contributed by atoms with E-state index in [0.29, 0.717) is 0 Å². The smallest absolute Gasteiger partial charge is 0.410 e. The molecule has 1 saturated heterocycles. The number of hydrogen-bond acceptors (Lipinski definition) is 5. The fourth-order valence-electron chi connectivity index (χ4n) is 1.56. The fraction of sp³-hybridized carbons (Fsp3) is 0.500. The Bertz CT molecular complexity index is 405. The first-order valence-corrected chi connectivity index (χ1v) is 7.08. The third-order valence-electron chi connectivity index (χ3n) is 2.44. The van der Waals surface area contributed by atoms with Crippen LogP contribution in [0.1, 0.15) is 20.8 Å². The summed E-state index contributed by atoms with van der Waals surface area (Å²) in [5.41, 5.74) is -0.387. The molecular formula is C16H24N2O4. The van der Waals surface area contributed by atoms with E-state index in [9.17, 15) is 4.79 Å². The monoisotopic (exact) mass is 308 g/mol. The lowest BCUT2D eigenvalue weighted by Crippen LogP contribution is -2.48. The largest absolute Gasteiger partial charge is 0.444 e. The highest BCUT2D eigenvalue weighted by molar-refractivity contribution is 5.68. The van der Waals surface area contributed by atoms with Gasteiger partial charge in [0, 0.05) is 26.2 Å². The van der Waals surface area contributed by atoms with Crippen LogP contribution in [-0.4, -0.2) is 48.9 Å². The van der Waals surface area contributed by atoms with Gasteiger partial charge < -0.3 is 15.0 Å². The summed E-state index contributed by atoms with van der Waals surface area (Å²) in [5.74, 6) is 0. The topological polar surface area (TPSA) is 75.7 Å². The average Bonchev–Trinajstić information content (AvgIpc) is 2.50. The molecule has 22 heavy (non-hydrogen) atoms. The second-order valence-corrected chi connectivity index (χ2v) is 5.46. The van der Waals surface area contributed by atoms with Gasteiger partial charge in [-0.25, -0.2) is 4.79 Å². The standard InChI is InChI=1S/C9H18N2O2.C6H6.CO2/c1-9(2,3)13-8(12)11-6-4-10-5-7-11;1-2-4-6-5-3-1;2-1-3/h10H,4-7H2,1-3H3;1-6H;. The van der Waals surface area contributed by atoms with Gasteiger partial charge in [-0.1, -0.05) is 36.4 Å². The molecule has 0 aliphatic carbocycles. The minimum absolute atomic E-state index is 0.200. The summed E-state index contributed by atoms with van der Waals surface area (Å²) < 4.78 is 5.24. The number of benzene rings is 1. The Morgan fingerprint density at radius 2 is 1.36 bits per heavy atom. The molecule has 0 atom stereocenters. The van der Waals surface area contributed by atoms with E-state index in [1.165, 1.54) is 0 Å². The van der Waals surface area contributed by atoms with Gasteiger partial charge in [-0.15, -0.1) is 0 Å². The maximum atomic E-state index is 11.5. The molecule has 1 aromatic carbocycles. The van der Waals surface area contributed by atoms with Crippen LogP contribution in [0.25, 0.3) is 0 Å². The molecule has 0 spiro atoms. The third-order valence-corrected chi connectivity index (χ3v) is 2.44. The van der Waals surface area contributed by atoms with Crippen LogP contribution in [0.15, 0.2) is 36.4 Å². The van der Waals surface area contributed by atoms with Crippen molar-refractivity contribution in [3.8, 4) is 0 Å². The minimum atomic E-state index is -0.387. The normalized spacial score (nSPS) is 13.5. The van der Waals surface area contributed by atoms with Crippen molar-refractivity contribution in [3.05, 3.63) is 36.4 Å². The fourth-order valence-corrected chi connectivity index (χ4v) is 1.56. The summed E-state index contributed by atoms with van der Waals surface area (Å²) in [6.45, 7) is 8.86. The van der Waals surface area contributed by atoms with E-state index in [4.69, 9.17) is 14.3 Å². The molecule has 1 heterocycles. The maximum absolute atomic E-state index is 11.5. The number of hydrogen-bond donors (Lipinski definition) is 1. The van der Waals surface area contributed by atoms with Crippen LogP contribution in [0.2, 0.25) is 0 Å². The molecule has 0 aromatic heterocycles. The van der Waals surface area contributed by atoms with E-state index in [2.05, 4.69) is 5.32 Å². The molecule has 2 rings (SSSR count). The molecule has 0 radical (unpaired) electrons. The summed E-state index contributed by atoms with van der Waals surface area (Å²) in [6, 6.07) is 12.0. The molecular weight excluding hydrogens is 284 g/mol. The first-order valence-electron chi connectivity index (χ1n) is 7.08. The van der Waals surface area contributed by atoms with Gasteiger partial charge in [0.1, 0.15) is 5.60 Å². The van der Waals surface area contributed by atoms with E-state index in [-0.39, 0.29) is 17.8 Å². The van der Waals surface area contributed by atoms with Gasteiger partial charge in [-0.3, -0.25) is 0 Å². The number of amides is 1. The molecule has 6 heteroatoms. The van der Waals surface area contributed by atoms with Crippen molar-refractivity contribution >= 4 is 12.2 Å². The SMILES string of the molecule is CC(C)(C)OC(=O)N1CCNCC1.O=C=O.c1ccccc1. The van der Waals surface area contributed by atoms with E-state index >= 15 is 0 Å². The highest BCUT2D eigenvalue weighted by Crippen LogP contribution is 2.09. The van der Waals surface area contributed by atoms with Crippen LogP contribution in [0.3, 0.4) is 0 Å². The molecule has 6 nitrogen and oxygen atoms in total. The predicted octanol–water partition coefficient (Wildman–Crippen LogP) is 1.93. The number of carbonyl (C=O) groups is 1. The van der Waals surface area contributed by atoms with Crippen molar-refractivity contribution in [1.82, 2.24) is 10.2 Å². The van der Waals surface area contributed by atoms with E-state index in [1.807, 2.05) is 57.2 Å². The summed E-state index contributed by atoms with van der Waals surface area (Å²) in [5, 5.41) is 3.18. The average molecular weight is 308 g/mol. The molecule has 1 aromatic rings. The van der Waals surface area contributed by atoms with Crippen molar-refractivity contribution in [2.45, 2.75) is 26.4 Å². The van der Waals surface area contributed by atoms with Gasteiger partial charge in [-0.2, -0.15) is 9.59 Å². The first kappa shape index (κ1) is 19.8. The number of nitrogens with one attached hydrogen (secondary N) is 1. The molecule has 1 aliphatic heterocycles. The third kappa shape index (κ3) is 11.6. The zero-order chi connectivity index (χ0) is 16.8. The summed E-state index contributed by atoms with van der Waals surface area (Å²) in [7, 11) is 0. The summed E-state index contributed by atoms with van der Waals surface area (Å²) in [6.07, 6.45) is 0.0500. The Balaban J connectivity index is 0.000000404. The van der Waals surface area contributed by atoms with Crippen molar-refractivity contribution < 1.29 is 19.1 Å². The number of carbonyl (C=O) groups excluding carboxylic acids is 3. The molecule has 1 aliphatic rings. The zero-order valence-electron chi connectivity index (χ0n) is 13.4. The van der Waals surface area contributed by atoms with Crippen molar-refractivity contribution in [1.29, 1.82) is 0 Å². The second-order valence-electron chi connectivity index (χ2n) is 5.46. The molecule has 1 amide bonds. The second kappa shape index (κ2) is 11.5.